The van der Waals surface area contributed by atoms with E-state index >= 15 is 0 Å². The number of rotatable bonds is 2. The van der Waals surface area contributed by atoms with Crippen LogP contribution in [0, 0.1) is 5.92 Å². The molecule has 1 aliphatic heterocycles. The molecule has 1 atom stereocenters. The topological polar surface area (TPSA) is 33.2 Å². The molecule has 102 valence electrons. The standard InChI is InChI=1S/C16H15BrN2O/c1-11-6-16(20)19(10-11)15-4-2-12(3-5-15)13-7-14(17)9-18-8-13/h2-5,7-9,11H,6,10H2,1H3/t11-/m0/s1. The molecule has 0 unspecified atom stereocenters. The molecule has 1 aromatic heterocycles. The Bertz CT molecular complexity index is 639. The molecule has 20 heavy (non-hydrogen) atoms. The summed E-state index contributed by atoms with van der Waals surface area (Å²) in [5, 5.41) is 0. The van der Waals surface area contributed by atoms with Gasteiger partial charge < -0.3 is 4.90 Å². The molecule has 1 amide bonds. The van der Waals surface area contributed by atoms with Gasteiger partial charge in [0, 0.05) is 41.1 Å². The number of amides is 1. The van der Waals surface area contributed by atoms with Crippen LogP contribution in [0.15, 0.2) is 47.2 Å². The van der Waals surface area contributed by atoms with Gasteiger partial charge in [-0.05, 0) is 45.6 Å². The Morgan fingerprint density at radius 2 is 1.95 bits per heavy atom. The summed E-state index contributed by atoms with van der Waals surface area (Å²) in [5.74, 6) is 0.658. The zero-order chi connectivity index (χ0) is 14.1. The molecule has 0 N–H and O–H groups in total. The van der Waals surface area contributed by atoms with Crippen LogP contribution in [0.5, 0.6) is 0 Å². The average Bonchev–Trinajstić information content (AvgIpc) is 2.78. The van der Waals surface area contributed by atoms with Crippen LogP contribution in [-0.4, -0.2) is 17.4 Å². The number of nitrogens with zero attached hydrogens (tertiary/aromatic N) is 2. The van der Waals surface area contributed by atoms with Crippen LogP contribution < -0.4 is 4.90 Å². The summed E-state index contributed by atoms with van der Waals surface area (Å²) in [7, 11) is 0. The van der Waals surface area contributed by atoms with Crippen molar-refractivity contribution in [2.75, 3.05) is 11.4 Å². The molecular formula is C16H15BrN2O. The lowest BCUT2D eigenvalue weighted by Gasteiger charge is -2.16. The van der Waals surface area contributed by atoms with Crippen molar-refractivity contribution in [3.8, 4) is 11.1 Å². The summed E-state index contributed by atoms with van der Waals surface area (Å²) in [6, 6.07) is 10.1. The summed E-state index contributed by atoms with van der Waals surface area (Å²) in [4.78, 5) is 17.9. The molecule has 2 aromatic rings. The number of aromatic nitrogens is 1. The second kappa shape index (κ2) is 5.37. The second-order valence-electron chi connectivity index (χ2n) is 5.25. The Labute approximate surface area is 126 Å². The van der Waals surface area contributed by atoms with E-state index in [2.05, 4.69) is 27.8 Å². The third-order valence-corrected chi connectivity index (χ3v) is 3.97. The van der Waals surface area contributed by atoms with Crippen molar-refractivity contribution in [1.82, 2.24) is 4.98 Å². The first-order chi connectivity index (χ1) is 9.63. The highest BCUT2D eigenvalue weighted by Gasteiger charge is 2.27. The zero-order valence-corrected chi connectivity index (χ0v) is 12.8. The molecule has 3 nitrogen and oxygen atoms in total. The van der Waals surface area contributed by atoms with E-state index in [1.165, 1.54) is 0 Å². The molecule has 0 spiro atoms. The fourth-order valence-corrected chi connectivity index (χ4v) is 2.90. The summed E-state index contributed by atoms with van der Waals surface area (Å²) >= 11 is 3.43. The molecule has 1 fully saturated rings. The van der Waals surface area contributed by atoms with Crippen LogP contribution >= 0.6 is 15.9 Å². The van der Waals surface area contributed by atoms with Crippen molar-refractivity contribution < 1.29 is 4.79 Å². The van der Waals surface area contributed by atoms with Crippen LogP contribution in [-0.2, 0) is 4.79 Å². The number of anilines is 1. The Morgan fingerprint density at radius 3 is 2.55 bits per heavy atom. The Kier molecular flexibility index (Phi) is 3.57. The first kappa shape index (κ1) is 13.3. The fraction of sp³-hybridized carbons (Fsp3) is 0.250. The van der Waals surface area contributed by atoms with Crippen molar-refractivity contribution >= 4 is 27.5 Å². The first-order valence-corrected chi connectivity index (χ1v) is 7.44. The van der Waals surface area contributed by atoms with Crippen molar-refractivity contribution in [3.05, 3.63) is 47.2 Å². The smallest absolute Gasteiger partial charge is 0.227 e. The van der Waals surface area contributed by atoms with Gasteiger partial charge in [-0.3, -0.25) is 9.78 Å². The van der Waals surface area contributed by atoms with Gasteiger partial charge in [-0.2, -0.15) is 0 Å². The van der Waals surface area contributed by atoms with Crippen LogP contribution in [0.25, 0.3) is 11.1 Å². The maximum atomic E-state index is 11.9. The number of carbonyl (C=O) groups excluding carboxylic acids is 1. The van der Waals surface area contributed by atoms with Gasteiger partial charge in [0.15, 0.2) is 0 Å². The monoisotopic (exact) mass is 330 g/mol. The Balaban J connectivity index is 1.86. The van der Waals surface area contributed by atoms with Gasteiger partial charge in [0.25, 0.3) is 0 Å². The van der Waals surface area contributed by atoms with Gasteiger partial charge in [0.05, 0.1) is 0 Å². The molecular weight excluding hydrogens is 316 g/mol. The van der Waals surface area contributed by atoms with Crippen LogP contribution in [0.4, 0.5) is 5.69 Å². The minimum Gasteiger partial charge on any atom is -0.312 e. The van der Waals surface area contributed by atoms with E-state index in [1.54, 1.807) is 6.20 Å². The van der Waals surface area contributed by atoms with Gasteiger partial charge in [0.1, 0.15) is 0 Å². The number of hydrogen-bond donors (Lipinski definition) is 0. The lowest BCUT2D eigenvalue weighted by atomic mass is 10.1. The first-order valence-electron chi connectivity index (χ1n) is 6.65. The highest BCUT2D eigenvalue weighted by Crippen LogP contribution is 2.28. The molecule has 0 saturated carbocycles. The number of carbonyl (C=O) groups is 1. The zero-order valence-electron chi connectivity index (χ0n) is 11.2. The summed E-state index contributed by atoms with van der Waals surface area (Å²) in [5.41, 5.74) is 3.14. The van der Waals surface area contributed by atoms with Crippen LogP contribution in [0.1, 0.15) is 13.3 Å². The predicted octanol–water partition coefficient (Wildman–Crippen LogP) is 3.88. The van der Waals surface area contributed by atoms with Crippen molar-refractivity contribution in [2.45, 2.75) is 13.3 Å². The molecule has 4 heteroatoms. The van der Waals surface area contributed by atoms with Crippen molar-refractivity contribution in [2.24, 2.45) is 5.92 Å². The highest BCUT2D eigenvalue weighted by atomic mass is 79.9. The second-order valence-corrected chi connectivity index (χ2v) is 6.17. The largest absolute Gasteiger partial charge is 0.312 e. The van der Waals surface area contributed by atoms with E-state index in [1.807, 2.05) is 41.4 Å². The van der Waals surface area contributed by atoms with Gasteiger partial charge in [0.2, 0.25) is 5.91 Å². The van der Waals surface area contributed by atoms with Gasteiger partial charge >= 0.3 is 0 Å². The van der Waals surface area contributed by atoms with E-state index in [4.69, 9.17) is 0 Å². The lowest BCUT2D eigenvalue weighted by molar-refractivity contribution is -0.117. The molecule has 1 aliphatic rings. The SMILES string of the molecule is C[C@H]1CC(=O)N(c2ccc(-c3cncc(Br)c3)cc2)C1. The van der Waals surface area contributed by atoms with E-state index in [0.717, 1.165) is 27.8 Å². The number of benzene rings is 1. The summed E-state index contributed by atoms with van der Waals surface area (Å²) in [6.07, 6.45) is 4.25. The molecule has 3 rings (SSSR count). The van der Waals surface area contributed by atoms with Crippen LogP contribution in [0.2, 0.25) is 0 Å². The third kappa shape index (κ3) is 2.61. The molecule has 1 aromatic carbocycles. The van der Waals surface area contributed by atoms with E-state index in [9.17, 15) is 4.79 Å². The van der Waals surface area contributed by atoms with Crippen LogP contribution in [0.3, 0.4) is 0 Å². The molecule has 0 radical (unpaired) electrons. The van der Waals surface area contributed by atoms with Gasteiger partial charge in [-0.15, -0.1) is 0 Å². The Morgan fingerprint density at radius 1 is 1.20 bits per heavy atom. The van der Waals surface area contributed by atoms with Crippen molar-refractivity contribution in [1.29, 1.82) is 0 Å². The minimum absolute atomic E-state index is 0.217. The van der Waals surface area contributed by atoms with Gasteiger partial charge in [-0.1, -0.05) is 19.1 Å². The molecule has 0 bridgehead atoms. The Hall–Kier alpha value is -1.68. The molecule has 0 aliphatic carbocycles. The molecule has 1 saturated heterocycles. The lowest BCUT2D eigenvalue weighted by Crippen LogP contribution is -2.24. The van der Waals surface area contributed by atoms with Crippen molar-refractivity contribution in [3.63, 3.8) is 0 Å². The average molecular weight is 331 g/mol. The maximum Gasteiger partial charge on any atom is 0.227 e. The number of halogens is 1. The van der Waals surface area contributed by atoms with E-state index in [-0.39, 0.29) is 5.91 Å². The van der Waals surface area contributed by atoms with Gasteiger partial charge in [-0.25, -0.2) is 0 Å². The van der Waals surface area contributed by atoms with E-state index in [0.29, 0.717) is 12.3 Å². The van der Waals surface area contributed by atoms with E-state index < -0.39 is 0 Å². The highest BCUT2D eigenvalue weighted by molar-refractivity contribution is 9.10. The number of pyridine rings is 1. The normalized spacial score (nSPS) is 18.6. The summed E-state index contributed by atoms with van der Waals surface area (Å²) in [6.45, 7) is 2.93. The fourth-order valence-electron chi connectivity index (χ4n) is 2.54. The minimum atomic E-state index is 0.217. The number of hydrogen-bond acceptors (Lipinski definition) is 2. The molecule has 2 heterocycles. The third-order valence-electron chi connectivity index (χ3n) is 3.54. The quantitative estimate of drug-likeness (QED) is 0.837. The summed E-state index contributed by atoms with van der Waals surface area (Å²) < 4.78 is 0.961. The maximum absolute atomic E-state index is 11.9. The predicted molar refractivity (Wildman–Crippen MR) is 83.5 cm³/mol.